The molecule has 0 aromatic carbocycles. The van der Waals surface area contributed by atoms with Crippen LogP contribution in [-0.4, -0.2) is 30.1 Å². The molecule has 4 fully saturated rings. The van der Waals surface area contributed by atoms with Gasteiger partial charge in [-0.15, -0.1) is 0 Å². The number of ether oxygens (including phenoxy) is 1. The molecule has 5 aliphatic carbocycles. The molecule has 0 saturated heterocycles. The molecule has 5 heteroatoms. The summed E-state index contributed by atoms with van der Waals surface area (Å²) < 4.78 is 5.25. The number of hydroxylamine groups is 1. The van der Waals surface area contributed by atoms with Crippen LogP contribution in [0.25, 0.3) is 0 Å². The Morgan fingerprint density at radius 2 is 1.64 bits per heavy atom. The molecule has 0 heterocycles. The van der Waals surface area contributed by atoms with Gasteiger partial charge in [0.05, 0.1) is 12.5 Å². The van der Waals surface area contributed by atoms with Crippen molar-refractivity contribution in [2.45, 2.75) is 112 Å². The van der Waals surface area contributed by atoms with Gasteiger partial charge in [0.2, 0.25) is 0 Å². The SMILES string of the molecule is COC(=O)[C@@]1(C)CC[C@]2(C)CC[C@]3(C)C(=CC(=O)C4[C@@]5(C)CCC(NO)C(C)(C)[C@@H]5CC[C@]43C)C2C1. The number of hydrogen-bond donors (Lipinski definition) is 2. The number of fused-ring (bicyclic) bond motifs is 7. The van der Waals surface area contributed by atoms with Gasteiger partial charge in [0, 0.05) is 12.0 Å². The van der Waals surface area contributed by atoms with Crippen molar-refractivity contribution < 1.29 is 19.5 Å². The Balaban J connectivity index is 1.60. The molecule has 4 saturated carbocycles. The van der Waals surface area contributed by atoms with Gasteiger partial charge in [0.15, 0.2) is 5.78 Å². The molecule has 0 radical (unpaired) electrons. The lowest BCUT2D eigenvalue weighted by Crippen LogP contribution is -2.67. The van der Waals surface area contributed by atoms with Crippen LogP contribution < -0.4 is 5.48 Å². The summed E-state index contributed by atoms with van der Waals surface area (Å²) >= 11 is 0. The molecule has 0 spiro atoms. The minimum Gasteiger partial charge on any atom is -0.469 e. The molecule has 0 bridgehead atoms. The summed E-state index contributed by atoms with van der Waals surface area (Å²) in [5.74, 6) is 0.838. The van der Waals surface area contributed by atoms with Gasteiger partial charge in [-0.1, -0.05) is 47.1 Å². The van der Waals surface area contributed by atoms with Crippen LogP contribution in [0.1, 0.15) is 106 Å². The summed E-state index contributed by atoms with van der Waals surface area (Å²) in [5, 5.41) is 9.91. The number of ketones is 1. The lowest BCUT2D eigenvalue weighted by atomic mass is 9.33. The maximum Gasteiger partial charge on any atom is 0.311 e. The van der Waals surface area contributed by atoms with Crippen molar-refractivity contribution in [2.24, 2.45) is 50.2 Å². The third-order valence-corrected chi connectivity index (χ3v) is 13.4. The summed E-state index contributed by atoms with van der Waals surface area (Å²) in [7, 11) is 1.50. The summed E-state index contributed by atoms with van der Waals surface area (Å²) in [6.45, 7) is 16.3. The van der Waals surface area contributed by atoms with E-state index in [1.165, 1.54) is 12.7 Å². The van der Waals surface area contributed by atoms with Gasteiger partial charge in [-0.2, -0.15) is 0 Å². The lowest BCUT2D eigenvalue weighted by molar-refractivity contribution is -0.194. The molecular weight excluding hydrogens is 450 g/mol. The maximum absolute atomic E-state index is 14.4. The van der Waals surface area contributed by atoms with Gasteiger partial charge >= 0.3 is 5.97 Å². The number of esters is 1. The van der Waals surface area contributed by atoms with Gasteiger partial charge in [0.25, 0.3) is 0 Å². The van der Waals surface area contributed by atoms with Gasteiger partial charge < -0.3 is 9.94 Å². The Morgan fingerprint density at radius 3 is 2.28 bits per heavy atom. The average Bonchev–Trinajstić information content (AvgIpc) is 2.80. The molecule has 0 aliphatic heterocycles. The van der Waals surface area contributed by atoms with Crippen molar-refractivity contribution in [3.05, 3.63) is 11.6 Å². The maximum atomic E-state index is 14.4. The summed E-state index contributed by atoms with van der Waals surface area (Å²) in [5.41, 5.74) is 3.29. The topological polar surface area (TPSA) is 75.6 Å². The zero-order valence-electron chi connectivity index (χ0n) is 23.9. The van der Waals surface area contributed by atoms with Crippen molar-refractivity contribution in [1.82, 2.24) is 5.48 Å². The second kappa shape index (κ2) is 7.91. The van der Waals surface area contributed by atoms with E-state index in [-0.39, 0.29) is 50.9 Å². The standard InChI is InChI=1S/C31H49NO4/c1-26(2)22-9-12-31(7)24(29(22,5)11-10-23(26)32-35)21(33)17-19-20-18-28(4,25(34)36-8)14-13-27(20,3)15-16-30(19,31)6/h17,20,22-24,32,35H,9-16,18H2,1-8H3/t20?,22-,23?,24?,27+,28-,29-,30+,31+/m0/s1. The number of carbonyl (C=O) groups excluding carboxylic acids is 2. The first-order chi connectivity index (χ1) is 16.6. The van der Waals surface area contributed by atoms with Crippen molar-refractivity contribution >= 4 is 11.8 Å². The van der Waals surface area contributed by atoms with E-state index in [0.29, 0.717) is 11.7 Å². The largest absolute Gasteiger partial charge is 0.469 e. The molecule has 5 rings (SSSR count). The van der Waals surface area contributed by atoms with Crippen LogP contribution in [0.4, 0.5) is 0 Å². The second-order valence-corrected chi connectivity index (χ2v) is 15.3. The molecule has 9 atom stereocenters. The van der Waals surface area contributed by atoms with Crippen molar-refractivity contribution in [1.29, 1.82) is 0 Å². The Labute approximate surface area is 218 Å². The summed E-state index contributed by atoms with van der Waals surface area (Å²) in [6, 6.07) is 0.0638. The number of rotatable bonds is 2. The van der Waals surface area contributed by atoms with Crippen molar-refractivity contribution in [2.75, 3.05) is 7.11 Å². The zero-order valence-corrected chi connectivity index (χ0v) is 23.9. The third kappa shape index (κ3) is 3.14. The van der Waals surface area contributed by atoms with E-state index in [1.807, 2.05) is 0 Å². The average molecular weight is 500 g/mol. The van der Waals surface area contributed by atoms with Gasteiger partial charge in [-0.3, -0.25) is 9.59 Å². The fourth-order valence-corrected chi connectivity index (χ4v) is 10.8. The minimum atomic E-state index is -0.484. The van der Waals surface area contributed by atoms with Crippen LogP contribution in [0.2, 0.25) is 0 Å². The predicted molar refractivity (Wildman–Crippen MR) is 140 cm³/mol. The normalized spacial score (nSPS) is 51.7. The molecule has 3 unspecified atom stereocenters. The highest BCUT2D eigenvalue weighted by molar-refractivity contribution is 5.95. The van der Waals surface area contributed by atoms with E-state index >= 15 is 0 Å². The van der Waals surface area contributed by atoms with Crippen LogP contribution in [0.5, 0.6) is 0 Å². The van der Waals surface area contributed by atoms with Crippen LogP contribution in [0, 0.1) is 50.2 Å². The highest BCUT2D eigenvalue weighted by Gasteiger charge is 2.70. The molecule has 5 aliphatic rings. The number of hydrogen-bond acceptors (Lipinski definition) is 5. The molecule has 0 aromatic heterocycles. The van der Waals surface area contributed by atoms with E-state index < -0.39 is 5.41 Å². The molecule has 5 nitrogen and oxygen atoms in total. The number of nitrogens with one attached hydrogen (secondary N) is 1. The third-order valence-electron chi connectivity index (χ3n) is 13.4. The monoisotopic (exact) mass is 499 g/mol. The smallest absolute Gasteiger partial charge is 0.311 e. The van der Waals surface area contributed by atoms with Gasteiger partial charge in [-0.25, -0.2) is 5.48 Å². The van der Waals surface area contributed by atoms with Crippen LogP contribution in [0.3, 0.4) is 0 Å². The zero-order chi connectivity index (χ0) is 26.5. The first-order valence-corrected chi connectivity index (χ1v) is 14.4. The second-order valence-electron chi connectivity index (χ2n) is 15.3. The molecule has 0 aromatic rings. The Hall–Kier alpha value is -1.20. The van der Waals surface area contributed by atoms with Crippen LogP contribution in [-0.2, 0) is 14.3 Å². The van der Waals surface area contributed by atoms with Crippen molar-refractivity contribution in [3.8, 4) is 0 Å². The van der Waals surface area contributed by atoms with E-state index in [0.717, 1.165) is 57.8 Å². The molecule has 0 amide bonds. The van der Waals surface area contributed by atoms with Crippen LogP contribution >= 0.6 is 0 Å². The fourth-order valence-electron chi connectivity index (χ4n) is 10.8. The van der Waals surface area contributed by atoms with E-state index in [9.17, 15) is 14.8 Å². The highest BCUT2D eigenvalue weighted by atomic mass is 16.5. The number of methoxy groups -OCH3 is 1. The van der Waals surface area contributed by atoms with Gasteiger partial charge in [0.1, 0.15) is 0 Å². The number of carbonyl (C=O) groups is 2. The Morgan fingerprint density at radius 1 is 0.972 bits per heavy atom. The van der Waals surface area contributed by atoms with Crippen molar-refractivity contribution in [3.63, 3.8) is 0 Å². The first-order valence-electron chi connectivity index (χ1n) is 14.4. The lowest BCUT2D eigenvalue weighted by Gasteiger charge is -2.70. The van der Waals surface area contributed by atoms with E-state index in [1.54, 1.807) is 0 Å². The summed E-state index contributed by atoms with van der Waals surface area (Å²) in [6.07, 6.45) is 11.0. The van der Waals surface area contributed by atoms with Crippen LogP contribution in [0.15, 0.2) is 11.6 Å². The predicted octanol–water partition coefficient (Wildman–Crippen LogP) is 6.49. The minimum absolute atomic E-state index is 0.00337. The Bertz CT molecular complexity index is 1000. The molecule has 202 valence electrons. The molecular formula is C31H49NO4. The summed E-state index contributed by atoms with van der Waals surface area (Å²) in [4.78, 5) is 27.2. The fraction of sp³-hybridized carbons (Fsp3) is 0.871. The quantitative estimate of drug-likeness (QED) is 0.336. The number of allylic oxidation sites excluding steroid dienone is 2. The highest BCUT2D eigenvalue weighted by Crippen LogP contribution is 2.75. The van der Waals surface area contributed by atoms with E-state index in [2.05, 4.69) is 60.0 Å². The first kappa shape index (κ1) is 26.4. The molecule has 36 heavy (non-hydrogen) atoms. The van der Waals surface area contributed by atoms with Gasteiger partial charge in [-0.05, 0) is 110 Å². The van der Waals surface area contributed by atoms with E-state index in [4.69, 9.17) is 4.74 Å². The Kier molecular flexibility index (Phi) is 5.80. The molecule has 2 N–H and O–H groups in total.